The Hall–Kier alpha value is -2.14. The number of nitrogens with one attached hydrogen (secondary N) is 1. The van der Waals surface area contributed by atoms with E-state index in [0.717, 1.165) is 43.5 Å². The summed E-state index contributed by atoms with van der Waals surface area (Å²) in [5, 5.41) is 8.61. The second-order valence-corrected chi connectivity index (χ2v) is 9.85. The van der Waals surface area contributed by atoms with Gasteiger partial charge in [0.05, 0.1) is 5.69 Å². The zero-order valence-electron chi connectivity index (χ0n) is 18.5. The van der Waals surface area contributed by atoms with Gasteiger partial charge in [-0.25, -0.2) is 0 Å². The van der Waals surface area contributed by atoms with Gasteiger partial charge in [-0.3, -0.25) is 9.48 Å². The molecule has 1 amide bonds. The number of benzene rings is 1. The van der Waals surface area contributed by atoms with E-state index in [9.17, 15) is 4.79 Å². The molecule has 5 heteroatoms. The fourth-order valence-electron chi connectivity index (χ4n) is 6.49. The minimum absolute atomic E-state index is 0.175. The monoisotopic (exact) mass is 406 g/mol. The van der Waals surface area contributed by atoms with E-state index < -0.39 is 0 Å². The predicted molar refractivity (Wildman–Crippen MR) is 118 cm³/mol. The van der Waals surface area contributed by atoms with E-state index >= 15 is 0 Å². The second-order valence-electron chi connectivity index (χ2n) is 9.85. The maximum atomic E-state index is 13.9. The van der Waals surface area contributed by atoms with Crippen molar-refractivity contribution in [1.29, 1.82) is 0 Å². The molecule has 160 valence electrons. The van der Waals surface area contributed by atoms with Crippen molar-refractivity contribution >= 4 is 5.91 Å². The van der Waals surface area contributed by atoms with Crippen molar-refractivity contribution in [2.75, 3.05) is 0 Å². The Labute approximate surface area is 179 Å². The van der Waals surface area contributed by atoms with Crippen LogP contribution in [0.5, 0.6) is 0 Å². The third-order valence-corrected chi connectivity index (χ3v) is 7.94. The summed E-state index contributed by atoms with van der Waals surface area (Å²) in [5.41, 5.74) is 3.29. The third-order valence-electron chi connectivity index (χ3n) is 7.94. The largest absolute Gasteiger partial charge is 0.329 e. The summed E-state index contributed by atoms with van der Waals surface area (Å²) >= 11 is 0. The number of amides is 1. The molecule has 1 aromatic heterocycles. The van der Waals surface area contributed by atoms with Crippen LogP contribution in [0.1, 0.15) is 67.7 Å². The maximum Gasteiger partial charge on any atom is 0.272 e. The van der Waals surface area contributed by atoms with Gasteiger partial charge in [0.15, 0.2) is 0 Å². The number of piperidine rings is 1. The van der Waals surface area contributed by atoms with Crippen LogP contribution in [0.25, 0.3) is 0 Å². The summed E-state index contributed by atoms with van der Waals surface area (Å²) in [5.74, 6) is 0.175. The van der Waals surface area contributed by atoms with Gasteiger partial charge in [-0.05, 0) is 50.2 Å². The van der Waals surface area contributed by atoms with Crippen LogP contribution >= 0.6 is 0 Å². The summed E-state index contributed by atoms with van der Waals surface area (Å²) in [7, 11) is 1.92. The molecule has 0 spiro atoms. The first kappa shape index (κ1) is 19.8. The molecular formula is C25H34N4O. The zero-order chi connectivity index (χ0) is 20.9. The zero-order valence-corrected chi connectivity index (χ0v) is 18.5. The van der Waals surface area contributed by atoms with E-state index in [4.69, 9.17) is 0 Å². The third kappa shape index (κ3) is 3.09. The quantitative estimate of drug-likeness (QED) is 0.823. The first-order chi connectivity index (χ1) is 14.5. The number of aryl methyl sites for hydroxylation is 2. The fraction of sp³-hybridized carbons (Fsp3) is 0.600. The summed E-state index contributed by atoms with van der Waals surface area (Å²) < 4.78 is 1.80. The van der Waals surface area contributed by atoms with E-state index in [1.807, 2.05) is 13.1 Å². The van der Waals surface area contributed by atoms with Gasteiger partial charge in [-0.1, -0.05) is 50.6 Å². The minimum atomic E-state index is 0.175. The molecular weight excluding hydrogens is 372 g/mol. The van der Waals surface area contributed by atoms with Crippen molar-refractivity contribution in [2.24, 2.45) is 12.5 Å². The number of aromatic nitrogens is 2. The standard InChI is InChI=1S/C25H34N4O/c1-4-9-18-15-20(28(3)27-18)24(30)29-21-16-25(2)22(12-8-13-23(25)29)26-19(21)14-17-10-6-5-7-11-17/h5-7,10-11,15,19,21-23,26H,4,8-9,12-14,16H2,1-3H3/t19-,21+,22-,23+,25-/m1/s1. The number of hydrogen-bond donors (Lipinski definition) is 1. The highest BCUT2D eigenvalue weighted by Gasteiger charge is 2.61. The second kappa shape index (κ2) is 7.52. The van der Waals surface area contributed by atoms with Crippen molar-refractivity contribution in [3.05, 3.63) is 53.3 Å². The van der Waals surface area contributed by atoms with Crippen LogP contribution < -0.4 is 5.32 Å². The highest BCUT2D eigenvalue weighted by Crippen LogP contribution is 2.53. The van der Waals surface area contributed by atoms with Crippen molar-refractivity contribution < 1.29 is 4.79 Å². The summed E-state index contributed by atoms with van der Waals surface area (Å²) in [4.78, 5) is 16.2. The lowest BCUT2D eigenvalue weighted by molar-refractivity contribution is 0.0548. The Morgan fingerprint density at radius 3 is 2.83 bits per heavy atom. The number of hydrogen-bond acceptors (Lipinski definition) is 3. The minimum Gasteiger partial charge on any atom is -0.329 e. The molecule has 2 saturated heterocycles. The Morgan fingerprint density at radius 1 is 1.27 bits per heavy atom. The molecule has 5 rings (SSSR count). The van der Waals surface area contributed by atoms with Crippen molar-refractivity contribution in [1.82, 2.24) is 20.0 Å². The number of likely N-dealkylation sites (tertiary alicyclic amines) is 1. The Kier molecular flexibility index (Phi) is 4.97. The number of nitrogens with zero attached hydrogens (tertiary/aromatic N) is 3. The molecule has 2 aliphatic heterocycles. The first-order valence-electron chi connectivity index (χ1n) is 11.7. The van der Waals surface area contributed by atoms with E-state index in [1.165, 1.54) is 18.4 Å². The highest BCUT2D eigenvalue weighted by atomic mass is 16.2. The molecule has 5 atom stereocenters. The Bertz CT molecular complexity index is 922. The van der Waals surface area contributed by atoms with Gasteiger partial charge in [0.1, 0.15) is 5.69 Å². The van der Waals surface area contributed by atoms with Gasteiger partial charge in [0.25, 0.3) is 5.91 Å². The smallest absolute Gasteiger partial charge is 0.272 e. The lowest BCUT2D eigenvalue weighted by Crippen LogP contribution is -2.58. The predicted octanol–water partition coefficient (Wildman–Crippen LogP) is 3.73. The van der Waals surface area contributed by atoms with E-state index in [-0.39, 0.29) is 17.4 Å². The lowest BCUT2D eigenvalue weighted by atomic mass is 9.65. The average molecular weight is 407 g/mol. The van der Waals surface area contributed by atoms with Gasteiger partial charge in [-0.2, -0.15) is 5.10 Å². The molecule has 5 nitrogen and oxygen atoms in total. The summed E-state index contributed by atoms with van der Waals surface area (Å²) in [6.07, 6.45) is 7.58. The number of carbonyl (C=O) groups excluding carboxylic acids is 1. The van der Waals surface area contributed by atoms with Gasteiger partial charge in [0, 0.05) is 36.6 Å². The molecule has 1 N–H and O–H groups in total. The molecule has 3 fully saturated rings. The van der Waals surface area contributed by atoms with Crippen LogP contribution in [0.3, 0.4) is 0 Å². The van der Waals surface area contributed by atoms with Gasteiger partial charge in [-0.15, -0.1) is 0 Å². The maximum absolute atomic E-state index is 13.9. The highest BCUT2D eigenvalue weighted by molar-refractivity contribution is 5.93. The molecule has 3 aliphatic rings. The molecule has 30 heavy (non-hydrogen) atoms. The molecule has 0 radical (unpaired) electrons. The van der Waals surface area contributed by atoms with Crippen LogP contribution in [0.2, 0.25) is 0 Å². The molecule has 3 heterocycles. The number of rotatable bonds is 5. The average Bonchev–Trinajstić information content (AvgIpc) is 3.25. The molecule has 1 aromatic carbocycles. The Balaban J connectivity index is 1.49. The van der Waals surface area contributed by atoms with Crippen LogP contribution in [0, 0.1) is 5.41 Å². The van der Waals surface area contributed by atoms with Crippen molar-refractivity contribution in [3.63, 3.8) is 0 Å². The fourth-order valence-corrected chi connectivity index (χ4v) is 6.49. The molecule has 2 bridgehead atoms. The van der Waals surface area contributed by atoms with Crippen molar-refractivity contribution in [2.45, 2.75) is 83.0 Å². The van der Waals surface area contributed by atoms with Gasteiger partial charge < -0.3 is 10.2 Å². The van der Waals surface area contributed by atoms with Gasteiger partial charge >= 0.3 is 0 Å². The van der Waals surface area contributed by atoms with Crippen LogP contribution in [0.4, 0.5) is 0 Å². The van der Waals surface area contributed by atoms with Crippen LogP contribution in [-0.4, -0.2) is 44.8 Å². The normalized spacial score (nSPS) is 32.4. The van der Waals surface area contributed by atoms with E-state index in [0.29, 0.717) is 18.1 Å². The van der Waals surface area contributed by atoms with Gasteiger partial charge in [0.2, 0.25) is 0 Å². The Morgan fingerprint density at radius 2 is 2.07 bits per heavy atom. The van der Waals surface area contributed by atoms with E-state index in [2.05, 4.69) is 59.5 Å². The SMILES string of the molecule is CCCc1cc(C(=O)N2[C@H]3CCC[C@H]4N[C@H](Cc5ccccc5)[C@@H]2C[C@@]34C)n(C)n1. The van der Waals surface area contributed by atoms with Crippen molar-refractivity contribution in [3.8, 4) is 0 Å². The summed E-state index contributed by atoms with van der Waals surface area (Å²) in [6, 6.07) is 14.1. The molecule has 2 aromatic rings. The molecule has 1 saturated carbocycles. The lowest BCUT2D eigenvalue weighted by Gasteiger charge is -2.46. The number of fused-ring (bicyclic) bond motifs is 1. The number of carbonyl (C=O) groups is 1. The summed E-state index contributed by atoms with van der Waals surface area (Å²) in [6.45, 7) is 4.57. The topological polar surface area (TPSA) is 50.2 Å². The van der Waals surface area contributed by atoms with E-state index in [1.54, 1.807) is 4.68 Å². The molecule has 0 unspecified atom stereocenters. The first-order valence-corrected chi connectivity index (χ1v) is 11.7. The molecule has 1 aliphatic carbocycles. The van der Waals surface area contributed by atoms with Crippen LogP contribution in [0.15, 0.2) is 36.4 Å². The van der Waals surface area contributed by atoms with Crippen LogP contribution in [-0.2, 0) is 19.9 Å².